The Morgan fingerprint density at radius 3 is 2.67 bits per heavy atom. The van der Waals surface area contributed by atoms with E-state index >= 15 is 0 Å². The molecule has 0 bridgehead atoms. The number of benzene rings is 1. The summed E-state index contributed by atoms with van der Waals surface area (Å²) in [6, 6.07) is 6.11. The molecule has 0 radical (unpaired) electrons. The van der Waals surface area contributed by atoms with Crippen LogP contribution in [0.3, 0.4) is 0 Å². The lowest BCUT2D eigenvalue weighted by Gasteiger charge is -2.07. The number of amidine groups is 1. The van der Waals surface area contributed by atoms with Gasteiger partial charge in [-0.3, -0.25) is 5.41 Å². The number of hydrogen-bond donors (Lipinski definition) is 2. The summed E-state index contributed by atoms with van der Waals surface area (Å²) in [6.45, 7) is 6.77. The van der Waals surface area contributed by atoms with Crippen LogP contribution >= 0.6 is 11.3 Å². The molecular weight excluding hydrogens is 282 g/mol. The number of aromatic nitrogens is 1. The molecule has 0 amide bonds. The molecule has 0 atom stereocenters. The number of nitrogen functional groups attached to an aromatic ring is 1. The number of rotatable bonds is 6. The Kier molecular flexibility index (Phi) is 4.96. The molecule has 1 aromatic heterocycles. The van der Waals surface area contributed by atoms with Crippen molar-refractivity contribution in [2.24, 2.45) is 5.73 Å². The van der Waals surface area contributed by atoms with E-state index in [9.17, 15) is 0 Å². The molecule has 0 saturated carbocycles. The second kappa shape index (κ2) is 6.72. The van der Waals surface area contributed by atoms with Crippen molar-refractivity contribution in [2.75, 3.05) is 6.61 Å². The minimum Gasteiger partial charge on any atom is -0.493 e. The lowest BCUT2D eigenvalue weighted by Crippen LogP contribution is -2.11. The standard InChI is InChI=1S/C16H21N3OS/c1-4-13-15(16(17)18)21-14(19-13)7-8-20-12-6-5-10(2)11(3)9-12/h5-6,9H,4,7-8H2,1-3H3,(H3,17,18). The lowest BCUT2D eigenvalue weighted by molar-refractivity contribution is 0.321. The average Bonchev–Trinajstić information content (AvgIpc) is 2.86. The first-order valence-electron chi connectivity index (χ1n) is 7.04. The number of thiazole rings is 1. The number of nitrogens with zero attached hydrogens (tertiary/aromatic N) is 1. The van der Waals surface area contributed by atoms with Crippen molar-refractivity contribution in [3.05, 3.63) is 44.9 Å². The van der Waals surface area contributed by atoms with Crippen LogP contribution in [0, 0.1) is 19.3 Å². The molecule has 1 heterocycles. The summed E-state index contributed by atoms with van der Waals surface area (Å²) in [7, 11) is 0. The summed E-state index contributed by atoms with van der Waals surface area (Å²) in [5.74, 6) is 0.989. The summed E-state index contributed by atoms with van der Waals surface area (Å²) in [6.07, 6.45) is 1.53. The Labute approximate surface area is 129 Å². The van der Waals surface area contributed by atoms with Gasteiger partial charge in [0, 0.05) is 6.42 Å². The van der Waals surface area contributed by atoms with Crippen LogP contribution in [-0.2, 0) is 12.8 Å². The molecule has 2 aromatic rings. The van der Waals surface area contributed by atoms with E-state index in [-0.39, 0.29) is 5.84 Å². The first-order chi connectivity index (χ1) is 10.0. The fourth-order valence-corrected chi connectivity index (χ4v) is 3.01. The van der Waals surface area contributed by atoms with Gasteiger partial charge in [-0.05, 0) is 43.5 Å². The van der Waals surface area contributed by atoms with Gasteiger partial charge in [0.15, 0.2) is 0 Å². The van der Waals surface area contributed by atoms with Crippen molar-refractivity contribution < 1.29 is 4.74 Å². The highest BCUT2D eigenvalue weighted by Crippen LogP contribution is 2.20. The first-order valence-corrected chi connectivity index (χ1v) is 7.86. The molecule has 0 spiro atoms. The van der Waals surface area contributed by atoms with Gasteiger partial charge in [0.1, 0.15) is 11.6 Å². The van der Waals surface area contributed by atoms with E-state index < -0.39 is 0 Å². The van der Waals surface area contributed by atoms with Gasteiger partial charge in [-0.1, -0.05) is 13.0 Å². The molecule has 1 aromatic carbocycles. The zero-order valence-corrected chi connectivity index (χ0v) is 13.5. The van der Waals surface area contributed by atoms with Gasteiger partial charge in [0.25, 0.3) is 0 Å². The highest BCUT2D eigenvalue weighted by atomic mass is 32.1. The van der Waals surface area contributed by atoms with Gasteiger partial charge >= 0.3 is 0 Å². The lowest BCUT2D eigenvalue weighted by atomic mass is 10.1. The van der Waals surface area contributed by atoms with Crippen LogP contribution in [0.25, 0.3) is 0 Å². The van der Waals surface area contributed by atoms with E-state index in [4.69, 9.17) is 15.9 Å². The highest BCUT2D eigenvalue weighted by Gasteiger charge is 2.12. The van der Waals surface area contributed by atoms with Crippen LogP contribution in [0.15, 0.2) is 18.2 Å². The Hall–Kier alpha value is -1.88. The van der Waals surface area contributed by atoms with Crippen LogP contribution in [0.1, 0.15) is 33.6 Å². The normalized spacial score (nSPS) is 10.6. The topological polar surface area (TPSA) is 72.0 Å². The smallest absolute Gasteiger partial charge is 0.135 e. The number of aryl methyl sites for hydroxylation is 3. The highest BCUT2D eigenvalue weighted by molar-refractivity contribution is 7.13. The van der Waals surface area contributed by atoms with Gasteiger partial charge < -0.3 is 10.5 Å². The van der Waals surface area contributed by atoms with Gasteiger partial charge in [0.05, 0.1) is 22.2 Å². The van der Waals surface area contributed by atoms with E-state index in [2.05, 4.69) is 31.0 Å². The van der Waals surface area contributed by atoms with E-state index in [0.717, 1.165) is 34.2 Å². The molecule has 21 heavy (non-hydrogen) atoms. The van der Waals surface area contributed by atoms with Crippen LogP contribution in [0.5, 0.6) is 5.75 Å². The molecule has 0 aliphatic carbocycles. The summed E-state index contributed by atoms with van der Waals surface area (Å²) >= 11 is 1.49. The SMILES string of the molecule is CCc1nc(CCOc2ccc(C)c(C)c2)sc1C(=N)N. The predicted octanol–water partition coefficient (Wildman–Crippen LogP) is 3.23. The van der Waals surface area contributed by atoms with Gasteiger partial charge in [-0.15, -0.1) is 11.3 Å². The van der Waals surface area contributed by atoms with E-state index in [0.29, 0.717) is 6.61 Å². The van der Waals surface area contributed by atoms with Gasteiger partial charge in [-0.2, -0.15) is 0 Å². The first kappa shape index (κ1) is 15.5. The van der Waals surface area contributed by atoms with Crippen molar-refractivity contribution in [1.82, 2.24) is 4.98 Å². The van der Waals surface area contributed by atoms with E-state index in [1.807, 2.05) is 13.0 Å². The Morgan fingerprint density at radius 1 is 1.33 bits per heavy atom. The summed E-state index contributed by atoms with van der Waals surface area (Å²) in [4.78, 5) is 5.32. The maximum atomic E-state index is 7.57. The second-order valence-corrected chi connectivity index (χ2v) is 6.08. The summed E-state index contributed by atoms with van der Waals surface area (Å²) in [5, 5.41) is 8.54. The van der Waals surface area contributed by atoms with Crippen LogP contribution in [0.2, 0.25) is 0 Å². The minimum atomic E-state index is 0.102. The number of nitrogens with one attached hydrogen (secondary N) is 1. The van der Waals surface area contributed by atoms with Crippen molar-refractivity contribution >= 4 is 17.2 Å². The third-order valence-electron chi connectivity index (χ3n) is 3.38. The zero-order chi connectivity index (χ0) is 15.4. The molecule has 0 aliphatic rings. The third-order valence-corrected chi connectivity index (χ3v) is 4.57. The summed E-state index contributed by atoms with van der Waals surface area (Å²) < 4.78 is 5.77. The third kappa shape index (κ3) is 3.82. The van der Waals surface area contributed by atoms with Crippen molar-refractivity contribution in [3.8, 4) is 5.75 Å². The molecule has 0 saturated heterocycles. The molecule has 0 fully saturated rings. The average molecular weight is 303 g/mol. The van der Waals surface area contributed by atoms with Crippen LogP contribution in [0.4, 0.5) is 0 Å². The quantitative estimate of drug-likeness (QED) is 0.635. The van der Waals surface area contributed by atoms with E-state index in [1.165, 1.54) is 22.5 Å². The molecule has 112 valence electrons. The minimum absolute atomic E-state index is 0.102. The molecule has 0 aliphatic heterocycles. The van der Waals surface area contributed by atoms with Gasteiger partial charge in [-0.25, -0.2) is 4.98 Å². The molecule has 0 unspecified atom stereocenters. The monoisotopic (exact) mass is 303 g/mol. The number of hydrogen-bond acceptors (Lipinski definition) is 4. The van der Waals surface area contributed by atoms with Crippen molar-refractivity contribution in [2.45, 2.75) is 33.6 Å². The Balaban J connectivity index is 1.97. The number of nitrogens with two attached hydrogens (primary N) is 1. The fourth-order valence-electron chi connectivity index (χ4n) is 2.02. The molecule has 3 N–H and O–H groups in total. The molecule has 2 rings (SSSR count). The fraction of sp³-hybridized carbons (Fsp3) is 0.375. The van der Waals surface area contributed by atoms with Crippen LogP contribution in [-0.4, -0.2) is 17.4 Å². The van der Waals surface area contributed by atoms with E-state index in [1.54, 1.807) is 0 Å². The molecular formula is C16H21N3OS. The second-order valence-electron chi connectivity index (χ2n) is 5.00. The maximum Gasteiger partial charge on any atom is 0.135 e. The molecule has 5 heteroatoms. The number of ether oxygens (including phenoxy) is 1. The predicted molar refractivity (Wildman–Crippen MR) is 87.6 cm³/mol. The van der Waals surface area contributed by atoms with Crippen LogP contribution < -0.4 is 10.5 Å². The summed E-state index contributed by atoms with van der Waals surface area (Å²) in [5.41, 5.74) is 8.98. The molecule has 4 nitrogen and oxygen atoms in total. The zero-order valence-electron chi connectivity index (χ0n) is 12.7. The Bertz CT molecular complexity index is 649. The van der Waals surface area contributed by atoms with Crippen molar-refractivity contribution in [3.63, 3.8) is 0 Å². The van der Waals surface area contributed by atoms with Gasteiger partial charge in [0.2, 0.25) is 0 Å². The van der Waals surface area contributed by atoms with Crippen molar-refractivity contribution in [1.29, 1.82) is 5.41 Å². The maximum absolute atomic E-state index is 7.57. The largest absolute Gasteiger partial charge is 0.493 e. The Morgan fingerprint density at radius 2 is 2.10 bits per heavy atom.